The van der Waals surface area contributed by atoms with Crippen LogP contribution in [0.3, 0.4) is 0 Å². The second-order valence-electron chi connectivity index (χ2n) is 6.49. The Kier molecular flexibility index (Phi) is 3.50. The summed E-state index contributed by atoms with van der Waals surface area (Å²) in [5.74, 6) is 0.158. The lowest BCUT2D eigenvalue weighted by Crippen LogP contribution is -2.44. The standard InChI is InChI=1S/C13H20N4O5S/c1-16-9(3-5-23(16,19)20)6-17-7-11(14-15-17)13(18)4-2-10-8-21-12(13)22-10/h7,9-10,12,18H,2-6,8H2,1H3/t9?,10-,12+,13?/m0/s1. The fourth-order valence-electron chi connectivity index (χ4n) is 3.44. The third-order valence-corrected chi connectivity index (χ3v) is 6.96. The molecule has 2 unspecified atom stereocenters. The lowest BCUT2D eigenvalue weighted by Gasteiger charge is -2.34. The Morgan fingerprint density at radius 2 is 2.30 bits per heavy atom. The van der Waals surface area contributed by atoms with Gasteiger partial charge in [-0.2, -0.15) is 0 Å². The van der Waals surface area contributed by atoms with Gasteiger partial charge in [-0.05, 0) is 19.3 Å². The molecule has 0 radical (unpaired) electrons. The van der Waals surface area contributed by atoms with Crippen molar-refractivity contribution in [2.45, 2.75) is 49.8 Å². The molecule has 0 spiro atoms. The van der Waals surface area contributed by atoms with Crippen LogP contribution in [0.5, 0.6) is 0 Å². The molecule has 0 saturated carbocycles. The Bertz CT molecular complexity index is 707. The van der Waals surface area contributed by atoms with Crippen LogP contribution in [0.15, 0.2) is 6.20 Å². The van der Waals surface area contributed by atoms with Crippen molar-refractivity contribution in [3.63, 3.8) is 0 Å². The summed E-state index contributed by atoms with van der Waals surface area (Å²) in [7, 11) is -1.56. The molecule has 10 heteroatoms. The van der Waals surface area contributed by atoms with Gasteiger partial charge in [0.1, 0.15) is 5.69 Å². The van der Waals surface area contributed by atoms with Crippen molar-refractivity contribution in [1.82, 2.24) is 19.3 Å². The van der Waals surface area contributed by atoms with Crippen LogP contribution in [0.25, 0.3) is 0 Å². The molecular weight excluding hydrogens is 324 g/mol. The summed E-state index contributed by atoms with van der Waals surface area (Å²) >= 11 is 0. The van der Waals surface area contributed by atoms with Gasteiger partial charge in [0, 0.05) is 13.1 Å². The highest BCUT2D eigenvalue weighted by atomic mass is 32.2. The van der Waals surface area contributed by atoms with Gasteiger partial charge in [0.25, 0.3) is 0 Å². The summed E-state index contributed by atoms with van der Waals surface area (Å²) in [6, 6.07) is -0.140. The van der Waals surface area contributed by atoms with Crippen LogP contribution in [0.4, 0.5) is 0 Å². The summed E-state index contributed by atoms with van der Waals surface area (Å²) in [6.45, 7) is 0.902. The van der Waals surface area contributed by atoms with Crippen LogP contribution in [-0.2, 0) is 31.6 Å². The van der Waals surface area contributed by atoms with Gasteiger partial charge in [0.2, 0.25) is 10.0 Å². The zero-order valence-corrected chi connectivity index (χ0v) is 13.6. The highest BCUT2D eigenvalue weighted by molar-refractivity contribution is 7.89. The first-order valence-corrected chi connectivity index (χ1v) is 9.35. The van der Waals surface area contributed by atoms with E-state index < -0.39 is 21.9 Å². The molecule has 3 aliphatic heterocycles. The van der Waals surface area contributed by atoms with Crippen LogP contribution in [0.1, 0.15) is 25.0 Å². The van der Waals surface area contributed by atoms with E-state index in [-0.39, 0.29) is 17.9 Å². The first-order chi connectivity index (χ1) is 10.9. The van der Waals surface area contributed by atoms with Crippen LogP contribution in [0, 0.1) is 0 Å². The number of aliphatic hydroxyl groups is 1. The first kappa shape index (κ1) is 15.5. The molecule has 1 aromatic heterocycles. The van der Waals surface area contributed by atoms with E-state index in [1.165, 1.54) is 4.31 Å². The van der Waals surface area contributed by atoms with Crippen molar-refractivity contribution in [2.75, 3.05) is 19.4 Å². The van der Waals surface area contributed by atoms with Crippen LogP contribution < -0.4 is 0 Å². The molecule has 9 nitrogen and oxygen atoms in total. The molecule has 3 aliphatic rings. The largest absolute Gasteiger partial charge is 0.378 e. The maximum atomic E-state index is 11.8. The molecule has 1 aromatic rings. The lowest BCUT2D eigenvalue weighted by molar-refractivity contribution is -0.219. The topological polar surface area (TPSA) is 107 Å². The molecule has 0 aromatic carbocycles. The minimum Gasteiger partial charge on any atom is -0.378 e. The average molecular weight is 344 g/mol. The molecule has 4 atom stereocenters. The predicted molar refractivity (Wildman–Crippen MR) is 77.7 cm³/mol. The zero-order chi connectivity index (χ0) is 16.2. The van der Waals surface area contributed by atoms with Gasteiger partial charge in [-0.15, -0.1) is 5.10 Å². The molecule has 3 fully saturated rings. The Morgan fingerprint density at radius 1 is 1.48 bits per heavy atom. The van der Waals surface area contributed by atoms with Gasteiger partial charge in [0.05, 0.1) is 31.2 Å². The normalized spacial score (nSPS) is 39.8. The number of rotatable bonds is 3. The Balaban J connectivity index is 1.51. The van der Waals surface area contributed by atoms with Crippen molar-refractivity contribution in [3.8, 4) is 0 Å². The summed E-state index contributed by atoms with van der Waals surface area (Å²) in [5, 5.41) is 19.0. The van der Waals surface area contributed by atoms with Crippen molar-refractivity contribution in [3.05, 3.63) is 11.9 Å². The minimum atomic E-state index is -3.14. The molecule has 23 heavy (non-hydrogen) atoms. The number of nitrogens with zero attached hydrogens (tertiary/aromatic N) is 4. The van der Waals surface area contributed by atoms with Gasteiger partial charge in [-0.1, -0.05) is 5.21 Å². The highest BCUT2D eigenvalue weighted by Gasteiger charge is 2.51. The van der Waals surface area contributed by atoms with Crippen molar-refractivity contribution < 1.29 is 23.0 Å². The molecule has 2 bridgehead atoms. The fraction of sp³-hybridized carbons (Fsp3) is 0.846. The van der Waals surface area contributed by atoms with E-state index in [0.717, 1.165) is 0 Å². The number of likely N-dealkylation sites (N-methyl/N-ethyl adjacent to an activating group) is 1. The third-order valence-electron chi connectivity index (χ3n) is 5.03. The molecule has 1 N–H and O–H groups in total. The number of fused-ring (bicyclic) bond motifs is 2. The third kappa shape index (κ3) is 2.49. The number of aromatic nitrogens is 3. The average Bonchev–Trinajstić information content (AvgIpc) is 3.20. The smallest absolute Gasteiger partial charge is 0.214 e. The van der Waals surface area contributed by atoms with Crippen molar-refractivity contribution in [1.29, 1.82) is 0 Å². The molecule has 4 heterocycles. The lowest BCUT2D eigenvalue weighted by atomic mass is 9.90. The Hall–Kier alpha value is -1.07. The van der Waals surface area contributed by atoms with E-state index in [9.17, 15) is 13.5 Å². The zero-order valence-electron chi connectivity index (χ0n) is 12.8. The SMILES string of the molecule is CN1C(Cn2cc(C3(O)CC[C@H]4CO[C@@H]3O4)nn2)CCS1(=O)=O. The number of sulfonamides is 1. The van der Waals surface area contributed by atoms with E-state index in [4.69, 9.17) is 9.47 Å². The van der Waals surface area contributed by atoms with Gasteiger partial charge in [-0.25, -0.2) is 12.7 Å². The van der Waals surface area contributed by atoms with E-state index >= 15 is 0 Å². The number of hydrogen-bond acceptors (Lipinski definition) is 7. The van der Waals surface area contributed by atoms with Gasteiger partial charge in [-0.3, -0.25) is 4.68 Å². The van der Waals surface area contributed by atoms with E-state index in [0.29, 0.717) is 38.1 Å². The number of ether oxygens (including phenoxy) is 2. The fourth-order valence-corrected chi connectivity index (χ4v) is 4.93. The van der Waals surface area contributed by atoms with Gasteiger partial charge in [0.15, 0.2) is 11.9 Å². The highest BCUT2D eigenvalue weighted by Crippen LogP contribution is 2.40. The molecule has 0 amide bonds. The summed E-state index contributed by atoms with van der Waals surface area (Å²) in [4.78, 5) is 0. The van der Waals surface area contributed by atoms with E-state index in [1.54, 1.807) is 17.9 Å². The molecule has 0 aliphatic carbocycles. The van der Waals surface area contributed by atoms with Crippen LogP contribution in [-0.4, -0.2) is 70.7 Å². The van der Waals surface area contributed by atoms with E-state index in [2.05, 4.69) is 10.3 Å². The quantitative estimate of drug-likeness (QED) is 0.752. The summed E-state index contributed by atoms with van der Waals surface area (Å²) in [6.07, 6.45) is 2.79. The Morgan fingerprint density at radius 3 is 3.04 bits per heavy atom. The molecule has 3 saturated heterocycles. The van der Waals surface area contributed by atoms with Gasteiger partial charge < -0.3 is 14.6 Å². The summed E-state index contributed by atoms with van der Waals surface area (Å²) < 4.78 is 37.6. The minimum absolute atomic E-state index is 0.0488. The molecule has 4 rings (SSSR count). The number of hydrogen-bond donors (Lipinski definition) is 1. The summed E-state index contributed by atoms with van der Waals surface area (Å²) in [5.41, 5.74) is -0.884. The van der Waals surface area contributed by atoms with Crippen molar-refractivity contribution in [2.24, 2.45) is 0 Å². The monoisotopic (exact) mass is 344 g/mol. The van der Waals surface area contributed by atoms with E-state index in [1.807, 2.05) is 0 Å². The second-order valence-corrected chi connectivity index (χ2v) is 8.63. The maximum absolute atomic E-state index is 11.8. The predicted octanol–water partition coefficient (Wildman–Crippen LogP) is -0.965. The molecule has 128 valence electrons. The maximum Gasteiger partial charge on any atom is 0.214 e. The van der Waals surface area contributed by atoms with Crippen LogP contribution in [0.2, 0.25) is 0 Å². The molecular formula is C13H20N4O5S. The first-order valence-electron chi connectivity index (χ1n) is 7.74. The van der Waals surface area contributed by atoms with Crippen LogP contribution >= 0.6 is 0 Å². The second kappa shape index (κ2) is 5.21. The Labute approximate surface area is 134 Å². The van der Waals surface area contributed by atoms with Gasteiger partial charge >= 0.3 is 0 Å². The van der Waals surface area contributed by atoms with Crippen molar-refractivity contribution >= 4 is 10.0 Å².